The van der Waals surface area contributed by atoms with Gasteiger partial charge in [-0.05, 0) is 85.7 Å². The highest BCUT2D eigenvalue weighted by atomic mass is 35.5. The number of rotatable bonds is 5. The van der Waals surface area contributed by atoms with E-state index in [2.05, 4.69) is 15.2 Å². The number of benzene rings is 2. The minimum atomic E-state index is -0.258. The molecule has 1 N–H and O–H groups in total. The number of hydrogen-bond acceptors (Lipinski definition) is 4. The molecule has 1 atom stereocenters. The van der Waals surface area contributed by atoms with E-state index in [4.69, 9.17) is 23.2 Å². The number of hydrogen-bond donors (Lipinski definition) is 1. The molecule has 2 aliphatic rings. The topological polar surface area (TPSA) is 68.8 Å². The fraction of sp³-hybridized carbons (Fsp3) is 0.367. The molecular formula is C30H33Cl2N5O2. The first-order valence-corrected chi connectivity index (χ1v) is 14.1. The van der Waals surface area contributed by atoms with Crippen LogP contribution in [-0.4, -0.2) is 55.0 Å². The van der Waals surface area contributed by atoms with Crippen LogP contribution in [-0.2, 0) is 6.42 Å². The minimum Gasteiger partial charge on any atom is -0.371 e. The summed E-state index contributed by atoms with van der Waals surface area (Å²) in [5.41, 5.74) is 4.59. The largest absolute Gasteiger partial charge is 0.371 e. The van der Waals surface area contributed by atoms with Gasteiger partial charge in [0, 0.05) is 61.9 Å². The predicted octanol–water partition coefficient (Wildman–Crippen LogP) is 6.35. The first kappa shape index (κ1) is 27.3. The fourth-order valence-corrected chi connectivity index (χ4v) is 6.16. The zero-order valence-electron chi connectivity index (χ0n) is 22.2. The average molecular weight is 567 g/mol. The summed E-state index contributed by atoms with van der Waals surface area (Å²) < 4.78 is 0. The molecule has 7 nitrogen and oxygen atoms in total. The Bertz CT molecular complexity index is 1340. The lowest BCUT2D eigenvalue weighted by Crippen LogP contribution is -2.45. The Morgan fingerprint density at radius 1 is 0.974 bits per heavy atom. The predicted molar refractivity (Wildman–Crippen MR) is 157 cm³/mol. The molecule has 2 aromatic carbocycles. The second kappa shape index (κ2) is 11.8. The first-order valence-electron chi connectivity index (χ1n) is 13.4. The molecule has 0 bridgehead atoms. The quantitative estimate of drug-likeness (QED) is 0.391. The van der Waals surface area contributed by atoms with Gasteiger partial charge in [-0.3, -0.25) is 14.7 Å². The van der Waals surface area contributed by atoms with Gasteiger partial charge in [0.25, 0.3) is 5.91 Å². The van der Waals surface area contributed by atoms with Crippen LogP contribution >= 0.6 is 23.2 Å². The van der Waals surface area contributed by atoms with Crippen LogP contribution in [0, 0.1) is 0 Å². The molecule has 1 aliphatic carbocycles. The summed E-state index contributed by atoms with van der Waals surface area (Å²) in [6.07, 6.45) is 8.15. The highest BCUT2D eigenvalue weighted by molar-refractivity contribution is 6.36. The minimum absolute atomic E-state index is 0.0147. The van der Waals surface area contributed by atoms with E-state index in [1.165, 1.54) is 16.2 Å². The smallest absolute Gasteiger partial charge is 0.322 e. The maximum Gasteiger partial charge on any atom is 0.322 e. The van der Waals surface area contributed by atoms with E-state index in [0.29, 0.717) is 21.3 Å². The summed E-state index contributed by atoms with van der Waals surface area (Å²) in [7, 11) is 3.59. The van der Waals surface area contributed by atoms with Crippen LogP contribution < -0.4 is 15.1 Å². The van der Waals surface area contributed by atoms with Crippen molar-refractivity contribution in [2.24, 2.45) is 0 Å². The third-order valence-electron chi connectivity index (χ3n) is 7.94. The van der Waals surface area contributed by atoms with Gasteiger partial charge in [-0.25, -0.2) is 4.79 Å². The Morgan fingerprint density at radius 3 is 2.44 bits per heavy atom. The Kier molecular flexibility index (Phi) is 8.29. The van der Waals surface area contributed by atoms with Crippen molar-refractivity contribution in [3.8, 4) is 0 Å². The highest BCUT2D eigenvalue weighted by Crippen LogP contribution is 2.33. The van der Waals surface area contributed by atoms with Crippen molar-refractivity contribution in [1.82, 2.24) is 15.2 Å². The lowest BCUT2D eigenvalue weighted by atomic mass is 9.86. The molecule has 3 amide bonds. The average Bonchev–Trinajstić information content (AvgIpc) is 2.96. The van der Waals surface area contributed by atoms with Crippen molar-refractivity contribution >= 4 is 46.5 Å². The van der Waals surface area contributed by atoms with Crippen molar-refractivity contribution in [2.45, 2.75) is 44.2 Å². The van der Waals surface area contributed by atoms with Gasteiger partial charge in [0.2, 0.25) is 0 Å². The number of fused-ring (bicyclic) bond motifs is 1. The van der Waals surface area contributed by atoms with Gasteiger partial charge in [-0.2, -0.15) is 0 Å². The number of aromatic nitrogens is 1. The van der Waals surface area contributed by atoms with Crippen LogP contribution in [0.1, 0.15) is 53.2 Å². The van der Waals surface area contributed by atoms with E-state index < -0.39 is 0 Å². The molecule has 1 aromatic heterocycles. The number of anilines is 2. The van der Waals surface area contributed by atoms with E-state index in [-0.39, 0.29) is 24.0 Å². The Balaban J connectivity index is 1.26. The molecule has 3 aromatic rings. The first-order chi connectivity index (χ1) is 18.8. The van der Waals surface area contributed by atoms with Gasteiger partial charge in [0.05, 0.1) is 16.8 Å². The summed E-state index contributed by atoms with van der Waals surface area (Å²) in [4.78, 5) is 36.5. The standard InChI is InChI=1S/C30H33Cl2N5O2/c1-35(23-12-16-37(17-13-23)24-10-14-33-15-11-24)29(38)21-7-6-20-4-3-5-27(25(20)18-21)34-30(39)36(2)28-9-8-22(31)19-26(28)32/h6-11,14-15,18-19,23,27H,3-5,12-13,16-17H2,1-2H3,(H,34,39). The third-order valence-corrected chi connectivity index (χ3v) is 8.48. The monoisotopic (exact) mass is 565 g/mol. The van der Waals surface area contributed by atoms with Gasteiger partial charge in [-0.1, -0.05) is 29.3 Å². The molecule has 1 saturated heterocycles. The molecule has 39 heavy (non-hydrogen) atoms. The van der Waals surface area contributed by atoms with Gasteiger partial charge >= 0.3 is 6.03 Å². The van der Waals surface area contributed by atoms with Crippen molar-refractivity contribution in [3.05, 3.63) is 87.7 Å². The Labute approximate surface area is 239 Å². The molecule has 0 radical (unpaired) electrons. The summed E-state index contributed by atoms with van der Waals surface area (Å²) in [5.74, 6) is 0.0147. The summed E-state index contributed by atoms with van der Waals surface area (Å²) >= 11 is 12.3. The lowest BCUT2D eigenvalue weighted by molar-refractivity contribution is 0.0709. The van der Waals surface area contributed by atoms with Crippen molar-refractivity contribution < 1.29 is 9.59 Å². The van der Waals surface area contributed by atoms with Crippen molar-refractivity contribution in [2.75, 3.05) is 37.0 Å². The number of nitrogens with zero attached hydrogens (tertiary/aromatic N) is 4. The van der Waals surface area contributed by atoms with Crippen LogP contribution in [0.25, 0.3) is 0 Å². The van der Waals surface area contributed by atoms with Crippen LogP contribution in [0.2, 0.25) is 10.0 Å². The second-order valence-electron chi connectivity index (χ2n) is 10.3. The summed E-state index contributed by atoms with van der Waals surface area (Å²) in [6, 6.07) is 14.8. The van der Waals surface area contributed by atoms with E-state index in [9.17, 15) is 9.59 Å². The molecule has 1 unspecified atom stereocenters. The lowest BCUT2D eigenvalue weighted by Gasteiger charge is -2.38. The van der Waals surface area contributed by atoms with Crippen LogP contribution in [0.5, 0.6) is 0 Å². The number of nitrogens with one attached hydrogen (secondary N) is 1. The maximum absolute atomic E-state index is 13.6. The fourth-order valence-electron chi connectivity index (χ4n) is 5.63. The molecule has 1 aliphatic heterocycles. The Hall–Kier alpha value is -3.29. The van der Waals surface area contributed by atoms with Crippen LogP contribution in [0.15, 0.2) is 60.9 Å². The number of urea groups is 1. The molecule has 204 valence electrons. The number of carbonyl (C=O) groups excluding carboxylic acids is 2. The number of amides is 3. The van der Waals surface area contributed by atoms with Gasteiger partial charge in [-0.15, -0.1) is 0 Å². The Morgan fingerprint density at radius 2 is 1.72 bits per heavy atom. The number of piperidine rings is 1. The molecule has 0 saturated carbocycles. The van der Waals surface area contributed by atoms with Gasteiger partial charge < -0.3 is 15.1 Å². The van der Waals surface area contributed by atoms with Crippen LogP contribution in [0.3, 0.4) is 0 Å². The maximum atomic E-state index is 13.6. The number of pyridine rings is 1. The van der Waals surface area contributed by atoms with E-state index in [1.54, 1.807) is 25.2 Å². The molecule has 1 fully saturated rings. The molecular weight excluding hydrogens is 533 g/mol. The van der Waals surface area contributed by atoms with E-state index >= 15 is 0 Å². The molecule has 5 rings (SSSR count). The third kappa shape index (κ3) is 5.99. The number of halogens is 2. The molecule has 0 spiro atoms. The summed E-state index contributed by atoms with van der Waals surface area (Å²) in [6.45, 7) is 1.80. The molecule has 9 heteroatoms. The van der Waals surface area contributed by atoms with Crippen LogP contribution in [0.4, 0.5) is 16.2 Å². The summed E-state index contributed by atoms with van der Waals surface area (Å²) in [5, 5.41) is 4.08. The van der Waals surface area contributed by atoms with E-state index in [1.807, 2.05) is 54.7 Å². The normalized spacial score (nSPS) is 17.3. The number of carbonyl (C=O) groups is 2. The second-order valence-corrected chi connectivity index (χ2v) is 11.1. The zero-order chi connectivity index (χ0) is 27.5. The van der Waals surface area contributed by atoms with Gasteiger partial charge in [0.15, 0.2) is 0 Å². The number of aryl methyl sites for hydroxylation is 1. The van der Waals surface area contributed by atoms with Crippen molar-refractivity contribution in [1.29, 1.82) is 0 Å². The van der Waals surface area contributed by atoms with Gasteiger partial charge in [0.1, 0.15) is 0 Å². The van der Waals surface area contributed by atoms with Crippen molar-refractivity contribution in [3.63, 3.8) is 0 Å². The van der Waals surface area contributed by atoms with E-state index in [0.717, 1.165) is 50.8 Å². The SMILES string of the molecule is CN(C(=O)NC1CCCc2ccc(C(=O)N(C)C3CCN(c4ccncc4)CC3)cc21)c1ccc(Cl)cc1Cl. The zero-order valence-corrected chi connectivity index (χ0v) is 23.8. The highest BCUT2D eigenvalue weighted by Gasteiger charge is 2.29. The molecule has 2 heterocycles.